The van der Waals surface area contributed by atoms with Crippen LogP contribution in [0.2, 0.25) is 0 Å². The van der Waals surface area contributed by atoms with Crippen LogP contribution in [0.3, 0.4) is 0 Å². The van der Waals surface area contributed by atoms with Crippen LogP contribution in [-0.2, 0) is 4.79 Å². The van der Waals surface area contributed by atoms with Crippen molar-refractivity contribution in [3.05, 3.63) is 36.0 Å². The van der Waals surface area contributed by atoms with Crippen molar-refractivity contribution >= 4 is 17.3 Å². The van der Waals surface area contributed by atoms with E-state index in [9.17, 15) is 4.79 Å². The van der Waals surface area contributed by atoms with E-state index < -0.39 is 0 Å². The number of aryl methyl sites for hydroxylation is 1. The molecule has 1 aromatic heterocycles. The Bertz CT molecular complexity index is 668. The Morgan fingerprint density at radius 1 is 1.36 bits per heavy atom. The zero-order chi connectivity index (χ0) is 15.5. The first-order valence-electron chi connectivity index (χ1n) is 7.60. The molecular formula is C16H20N4O2. The van der Waals surface area contributed by atoms with Crippen molar-refractivity contribution < 1.29 is 9.32 Å². The summed E-state index contributed by atoms with van der Waals surface area (Å²) in [7, 11) is 0. The molecule has 1 N–H and O–H groups in total. The quantitative estimate of drug-likeness (QED) is 0.939. The lowest BCUT2D eigenvalue weighted by molar-refractivity contribution is -0.119. The molecule has 6 nitrogen and oxygen atoms in total. The van der Waals surface area contributed by atoms with Gasteiger partial charge in [0.2, 0.25) is 11.8 Å². The van der Waals surface area contributed by atoms with Gasteiger partial charge in [0.05, 0.1) is 0 Å². The minimum atomic E-state index is -0.0893. The number of hydrogen-bond acceptors (Lipinski definition) is 5. The van der Waals surface area contributed by atoms with Crippen LogP contribution in [0.4, 0.5) is 11.4 Å². The Labute approximate surface area is 129 Å². The van der Waals surface area contributed by atoms with E-state index in [4.69, 9.17) is 4.52 Å². The van der Waals surface area contributed by atoms with Gasteiger partial charge in [-0.25, -0.2) is 0 Å². The largest absolute Gasteiger partial charge is 0.374 e. The van der Waals surface area contributed by atoms with Gasteiger partial charge in [-0.3, -0.25) is 4.79 Å². The van der Waals surface area contributed by atoms with Crippen LogP contribution >= 0.6 is 0 Å². The third-order valence-corrected chi connectivity index (χ3v) is 3.78. The highest BCUT2D eigenvalue weighted by Gasteiger charge is 2.20. The van der Waals surface area contributed by atoms with Gasteiger partial charge in [0.15, 0.2) is 5.82 Å². The topological polar surface area (TPSA) is 71.3 Å². The molecule has 0 saturated carbocycles. The van der Waals surface area contributed by atoms with E-state index in [2.05, 4.69) is 15.5 Å². The summed E-state index contributed by atoms with van der Waals surface area (Å²) in [5.41, 5.74) is 1.86. The van der Waals surface area contributed by atoms with Crippen molar-refractivity contribution in [1.29, 1.82) is 0 Å². The zero-order valence-electron chi connectivity index (χ0n) is 12.9. The number of carbonyl (C=O) groups is 1. The number of nitrogens with one attached hydrogen (secondary N) is 1. The number of amides is 1. The molecule has 1 amide bonds. The molecule has 2 heterocycles. The van der Waals surface area contributed by atoms with E-state index in [1.165, 1.54) is 0 Å². The lowest BCUT2D eigenvalue weighted by atomic mass is 10.1. The van der Waals surface area contributed by atoms with Crippen molar-refractivity contribution in [3.63, 3.8) is 0 Å². The van der Waals surface area contributed by atoms with Gasteiger partial charge in [0, 0.05) is 24.3 Å². The van der Waals surface area contributed by atoms with Crippen molar-refractivity contribution in [2.45, 2.75) is 39.2 Å². The third-order valence-electron chi connectivity index (χ3n) is 3.78. The minimum Gasteiger partial charge on any atom is -0.374 e. The molecule has 0 spiro atoms. The van der Waals surface area contributed by atoms with Gasteiger partial charge in [-0.05, 0) is 44.9 Å². The SMILES string of the molecule is Cc1noc(C(C)Nc2cccc(N3CCCCC3=O)c2)n1. The molecule has 0 radical (unpaired) electrons. The standard InChI is InChI=1S/C16H20N4O2/c1-11(16-18-12(2)19-22-16)17-13-6-5-7-14(10-13)20-9-4-3-8-15(20)21/h5-7,10-11,17H,3-4,8-9H2,1-2H3. The van der Waals surface area contributed by atoms with Crippen LogP contribution in [0.5, 0.6) is 0 Å². The van der Waals surface area contributed by atoms with Crippen LogP contribution < -0.4 is 10.2 Å². The molecule has 22 heavy (non-hydrogen) atoms. The zero-order valence-corrected chi connectivity index (χ0v) is 12.9. The second-order valence-electron chi connectivity index (χ2n) is 5.60. The number of nitrogens with zero attached hydrogens (tertiary/aromatic N) is 3. The number of anilines is 2. The second kappa shape index (κ2) is 6.17. The molecule has 0 bridgehead atoms. The Kier molecular flexibility index (Phi) is 4.09. The number of aromatic nitrogens is 2. The maximum Gasteiger partial charge on any atom is 0.248 e. The number of hydrogen-bond donors (Lipinski definition) is 1. The van der Waals surface area contributed by atoms with Crippen molar-refractivity contribution in [2.24, 2.45) is 0 Å². The van der Waals surface area contributed by atoms with Gasteiger partial charge in [0.1, 0.15) is 6.04 Å². The number of carbonyl (C=O) groups excluding carboxylic acids is 1. The highest BCUT2D eigenvalue weighted by molar-refractivity contribution is 5.94. The molecule has 1 unspecified atom stereocenters. The molecule has 1 aliphatic heterocycles. The lowest BCUT2D eigenvalue weighted by Crippen LogP contribution is -2.35. The maximum atomic E-state index is 12.0. The predicted molar refractivity (Wildman–Crippen MR) is 83.7 cm³/mol. The molecule has 2 aromatic rings. The summed E-state index contributed by atoms with van der Waals surface area (Å²) in [4.78, 5) is 18.1. The van der Waals surface area contributed by atoms with Gasteiger partial charge < -0.3 is 14.7 Å². The first-order valence-corrected chi connectivity index (χ1v) is 7.60. The third kappa shape index (κ3) is 3.10. The van der Waals surface area contributed by atoms with E-state index in [-0.39, 0.29) is 11.9 Å². The predicted octanol–water partition coefficient (Wildman–Crippen LogP) is 3.07. The highest BCUT2D eigenvalue weighted by Crippen LogP contribution is 2.25. The highest BCUT2D eigenvalue weighted by atomic mass is 16.5. The fourth-order valence-corrected chi connectivity index (χ4v) is 2.64. The van der Waals surface area contributed by atoms with Crippen molar-refractivity contribution in [2.75, 3.05) is 16.8 Å². The summed E-state index contributed by atoms with van der Waals surface area (Å²) in [5, 5.41) is 7.13. The molecule has 1 atom stereocenters. The molecule has 1 saturated heterocycles. The maximum absolute atomic E-state index is 12.0. The van der Waals surface area contributed by atoms with E-state index in [0.717, 1.165) is 30.8 Å². The molecule has 1 fully saturated rings. The second-order valence-corrected chi connectivity index (χ2v) is 5.60. The van der Waals surface area contributed by atoms with Crippen molar-refractivity contribution in [1.82, 2.24) is 10.1 Å². The van der Waals surface area contributed by atoms with Crippen molar-refractivity contribution in [3.8, 4) is 0 Å². The number of rotatable bonds is 4. The average Bonchev–Trinajstić information content (AvgIpc) is 2.95. The molecule has 0 aliphatic carbocycles. The Morgan fingerprint density at radius 3 is 2.95 bits per heavy atom. The van der Waals surface area contributed by atoms with Gasteiger partial charge >= 0.3 is 0 Å². The van der Waals surface area contributed by atoms with Crippen LogP contribution in [0, 0.1) is 6.92 Å². The van der Waals surface area contributed by atoms with Gasteiger partial charge in [-0.1, -0.05) is 11.2 Å². The van der Waals surface area contributed by atoms with Gasteiger partial charge in [-0.2, -0.15) is 4.98 Å². The summed E-state index contributed by atoms with van der Waals surface area (Å²) in [6.07, 6.45) is 2.68. The molecule has 1 aliphatic rings. The molecule has 6 heteroatoms. The Hall–Kier alpha value is -2.37. The van der Waals surface area contributed by atoms with E-state index in [0.29, 0.717) is 18.1 Å². The van der Waals surface area contributed by atoms with Gasteiger partial charge in [0.25, 0.3) is 0 Å². The Balaban J connectivity index is 1.75. The summed E-state index contributed by atoms with van der Waals surface area (Å²) in [5.74, 6) is 1.37. The van der Waals surface area contributed by atoms with Crippen LogP contribution in [0.25, 0.3) is 0 Å². The van der Waals surface area contributed by atoms with Crippen LogP contribution in [-0.4, -0.2) is 22.6 Å². The van der Waals surface area contributed by atoms with Gasteiger partial charge in [-0.15, -0.1) is 0 Å². The summed E-state index contributed by atoms with van der Waals surface area (Å²) < 4.78 is 5.17. The molecule has 1 aromatic carbocycles. The van der Waals surface area contributed by atoms with Crippen LogP contribution in [0.1, 0.15) is 43.9 Å². The van der Waals surface area contributed by atoms with Crippen LogP contribution in [0.15, 0.2) is 28.8 Å². The summed E-state index contributed by atoms with van der Waals surface area (Å²) in [6, 6.07) is 7.79. The van der Waals surface area contributed by atoms with E-state index >= 15 is 0 Å². The molecule has 116 valence electrons. The number of benzene rings is 1. The molecular weight excluding hydrogens is 280 g/mol. The Morgan fingerprint density at radius 2 is 2.23 bits per heavy atom. The average molecular weight is 300 g/mol. The fraction of sp³-hybridized carbons (Fsp3) is 0.438. The summed E-state index contributed by atoms with van der Waals surface area (Å²) >= 11 is 0. The minimum absolute atomic E-state index is 0.0893. The van der Waals surface area contributed by atoms with E-state index in [1.807, 2.05) is 36.1 Å². The smallest absolute Gasteiger partial charge is 0.248 e. The fourth-order valence-electron chi connectivity index (χ4n) is 2.64. The monoisotopic (exact) mass is 300 g/mol. The molecule has 3 rings (SSSR count). The first kappa shape index (κ1) is 14.6. The first-order chi connectivity index (χ1) is 10.6. The number of piperidine rings is 1. The normalized spacial score (nSPS) is 16.6. The lowest BCUT2D eigenvalue weighted by Gasteiger charge is -2.27. The van der Waals surface area contributed by atoms with E-state index in [1.54, 1.807) is 6.92 Å². The summed E-state index contributed by atoms with van der Waals surface area (Å²) in [6.45, 7) is 4.55.